The first-order valence-corrected chi connectivity index (χ1v) is 6.55. The Bertz CT molecular complexity index is 337. The molecular weight excluding hydrogens is 288 g/mol. The van der Waals surface area contributed by atoms with Gasteiger partial charge in [0.15, 0.2) is 12.6 Å². The lowest BCUT2D eigenvalue weighted by molar-refractivity contribution is -0.308. The largest absolute Gasteiger partial charge is 0.391 e. The van der Waals surface area contributed by atoms with E-state index in [0.29, 0.717) is 0 Å². The number of carbonyl (C=O) groups excluding carboxylic acids is 1. The summed E-state index contributed by atoms with van der Waals surface area (Å²) >= 11 is 0. The molecule has 0 unspecified atom stereocenters. The van der Waals surface area contributed by atoms with Crippen LogP contribution in [0, 0.1) is 0 Å². The molecule has 0 saturated carbocycles. The van der Waals surface area contributed by atoms with Crippen LogP contribution in [0.1, 0.15) is 13.8 Å². The van der Waals surface area contributed by atoms with Gasteiger partial charge in [0.05, 0.1) is 12.2 Å². The predicted octanol–water partition coefficient (Wildman–Crippen LogP) is -3.50. The SMILES string of the molecule is C[C@H](O)[C@H](O)[C@@H](O)[C@H](C=O)O[C@@H]1O[C@@H](C)[C@H](O)[C@@H](O)[C@H]1O. The highest BCUT2D eigenvalue weighted by Crippen LogP contribution is 2.23. The van der Waals surface area contributed by atoms with E-state index >= 15 is 0 Å². The fourth-order valence-electron chi connectivity index (χ4n) is 1.95. The molecule has 124 valence electrons. The van der Waals surface area contributed by atoms with Crippen LogP contribution in [0.15, 0.2) is 0 Å². The van der Waals surface area contributed by atoms with Crippen LogP contribution < -0.4 is 0 Å². The summed E-state index contributed by atoms with van der Waals surface area (Å²) in [5.41, 5.74) is 0. The van der Waals surface area contributed by atoms with Crippen molar-refractivity contribution >= 4 is 6.29 Å². The van der Waals surface area contributed by atoms with Crippen LogP contribution in [0.5, 0.6) is 0 Å². The van der Waals surface area contributed by atoms with Crippen molar-refractivity contribution in [1.29, 1.82) is 0 Å². The number of aliphatic hydroxyl groups excluding tert-OH is 6. The average Bonchev–Trinajstić information content (AvgIpc) is 2.45. The third-order valence-corrected chi connectivity index (χ3v) is 3.41. The molecule has 0 aromatic heterocycles. The zero-order valence-corrected chi connectivity index (χ0v) is 11.7. The van der Waals surface area contributed by atoms with Gasteiger partial charge in [0.1, 0.15) is 36.6 Å². The Balaban J connectivity index is 2.74. The summed E-state index contributed by atoms with van der Waals surface area (Å²) in [7, 11) is 0. The molecule has 0 radical (unpaired) electrons. The molecule has 9 atom stereocenters. The van der Waals surface area contributed by atoms with Crippen LogP contribution in [0.2, 0.25) is 0 Å². The molecule has 0 aromatic rings. The van der Waals surface area contributed by atoms with Crippen LogP contribution in [0.25, 0.3) is 0 Å². The number of ether oxygens (including phenoxy) is 2. The second-order valence-electron chi connectivity index (χ2n) is 5.14. The topological polar surface area (TPSA) is 157 Å². The highest BCUT2D eigenvalue weighted by Gasteiger charge is 2.44. The number of aliphatic hydroxyl groups is 6. The second kappa shape index (κ2) is 7.56. The van der Waals surface area contributed by atoms with Gasteiger partial charge in [-0.15, -0.1) is 0 Å². The Hall–Kier alpha value is -0.650. The molecule has 1 fully saturated rings. The van der Waals surface area contributed by atoms with E-state index in [4.69, 9.17) is 9.47 Å². The molecular formula is C12H22O9. The van der Waals surface area contributed by atoms with E-state index in [9.17, 15) is 35.4 Å². The van der Waals surface area contributed by atoms with Gasteiger partial charge in [-0.3, -0.25) is 0 Å². The molecule has 0 amide bonds. The molecule has 6 N–H and O–H groups in total. The summed E-state index contributed by atoms with van der Waals surface area (Å²) in [5, 5.41) is 57.3. The van der Waals surface area contributed by atoms with Gasteiger partial charge in [0.2, 0.25) is 0 Å². The summed E-state index contributed by atoms with van der Waals surface area (Å²) in [5.74, 6) is 0. The molecule has 1 aliphatic heterocycles. The number of carbonyl (C=O) groups is 1. The maximum absolute atomic E-state index is 11.0. The molecule has 0 bridgehead atoms. The predicted molar refractivity (Wildman–Crippen MR) is 67.0 cm³/mol. The highest BCUT2D eigenvalue weighted by molar-refractivity contribution is 5.57. The first kappa shape index (κ1) is 18.4. The highest BCUT2D eigenvalue weighted by atomic mass is 16.7. The van der Waals surface area contributed by atoms with Crippen LogP contribution in [0.4, 0.5) is 0 Å². The Kier molecular flexibility index (Phi) is 6.63. The van der Waals surface area contributed by atoms with Gasteiger partial charge in [-0.2, -0.15) is 0 Å². The number of hydrogen-bond acceptors (Lipinski definition) is 9. The third-order valence-electron chi connectivity index (χ3n) is 3.41. The van der Waals surface area contributed by atoms with Crippen LogP contribution in [-0.2, 0) is 14.3 Å². The van der Waals surface area contributed by atoms with Crippen molar-refractivity contribution in [2.45, 2.75) is 69.0 Å². The molecule has 1 rings (SSSR count). The van der Waals surface area contributed by atoms with E-state index < -0.39 is 55.1 Å². The minimum absolute atomic E-state index is 0.175. The smallest absolute Gasteiger partial charge is 0.187 e. The second-order valence-corrected chi connectivity index (χ2v) is 5.14. The summed E-state index contributed by atoms with van der Waals surface area (Å²) < 4.78 is 10.2. The molecule has 9 heteroatoms. The van der Waals surface area contributed by atoms with Crippen molar-refractivity contribution in [2.24, 2.45) is 0 Å². The Morgan fingerprint density at radius 2 is 1.62 bits per heavy atom. The maximum atomic E-state index is 11.0. The summed E-state index contributed by atoms with van der Waals surface area (Å²) in [6, 6.07) is 0. The van der Waals surface area contributed by atoms with Crippen molar-refractivity contribution in [3.8, 4) is 0 Å². The van der Waals surface area contributed by atoms with Crippen molar-refractivity contribution in [3.63, 3.8) is 0 Å². The van der Waals surface area contributed by atoms with Gasteiger partial charge in [0.25, 0.3) is 0 Å². The third kappa shape index (κ3) is 4.18. The van der Waals surface area contributed by atoms with Gasteiger partial charge in [-0.05, 0) is 13.8 Å². The van der Waals surface area contributed by atoms with E-state index in [1.807, 2.05) is 0 Å². The van der Waals surface area contributed by atoms with Crippen molar-refractivity contribution in [1.82, 2.24) is 0 Å². The van der Waals surface area contributed by atoms with Crippen molar-refractivity contribution in [2.75, 3.05) is 0 Å². The normalized spacial score (nSPS) is 39.3. The lowest BCUT2D eigenvalue weighted by Gasteiger charge is -2.40. The van der Waals surface area contributed by atoms with Gasteiger partial charge >= 0.3 is 0 Å². The minimum Gasteiger partial charge on any atom is -0.391 e. The number of hydrogen-bond donors (Lipinski definition) is 6. The van der Waals surface area contributed by atoms with Gasteiger partial charge in [-0.1, -0.05) is 0 Å². The summed E-state index contributed by atoms with van der Waals surface area (Å²) in [6.07, 6.45) is -13.0. The van der Waals surface area contributed by atoms with E-state index in [0.717, 1.165) is 0 Å². The van der Waals surface area contributed by atoms with Gasteiger partial charge < -0.3 is 44.9 Å². The standard InChI is InChI=1S/C12H22O9/c1-4(14)7(15)9(17)6(3-13)21-12-11(19)10(18)8(16)5(2)20-12/h3-12,14-19H,1-2H3/t4-,5-,6-,7-,8-,9-,10+,11+,12-/m0/s1. The molecule has 0 aromatic carbocycles. The summed E-state index contributed by atoms with van der Waals surface area (Å²) in [4.78, 5) is 11.0. The fourth-order valence-corrected chi connectivity index (χ4v) is 1.95. The Morgan fingerprint density at radius 1 is 1.05 bits per heavy atom. The minimum atomic E-state index is -1.75. The lowest BCUT2D eigenvalue weighted by atomic mass is 9.99. The number of rotatable bonds is 6. The van der Waals surface area contributed by atoms with Crippen molar-refractivity contribution < 1.29 is 44.9 Å². The summed E-state index contributed by atoms with van der Waals surface area (Å²) in [6.45, 7) is 2.64. The Labute approximate surface area is 121 Å². The van der Waals surface area contributed by atoms with Crippen LogP contribution in [0.3, 0.4) is 0 Å². The van der Waals surface area contributed by atoms with Crippen LogP contribution in [-0.4, -0.2) is 92.0 Å². The van der Waals surface area contributed by atoms with E-state index in [1.165, 1.54) is 13.8 Å². The molecule has 1 saturated heterocycles. The van der Waals surface area contributed by atoms with Crippen molar-refractivity contribution in [3.05, 3.63) is 0 Å². The molecule has 1 heterocycles. The molecule has 9 nitrogen and oxygen atoms in total. The Morgan fingerprint density at radius 3 is 2.10 bits per heavy atom. The zero-order chi connectivity index (χ0) is 16.3. The van der Waals surface area contributed by atoms with E-state index in [2.05, 4.69) is 0 Å². The molecule has 0 spiro atoms. The number of aldehydes is 1. The lowest BCUT2D eigenvalue weighted by Crippen LogP contribution is -2.59. The quantitative estimate of drug-likeness (QED) is 0.274. The monoisotopic (exact) mass is 310 g/mol. The van der Waals surface area contributed by atoms with E-state index in [1.54, 1.807) is 0 Å². The van der Waals surface area contributed by atoms with Gasteiger partial charge in [0, 0.05) is 0 Å². The average molecular weight is 310 g/mol. The van der Waals surface area contributed by atoms with Crippen LogP contribution >= 0.6 is 0 Å². The van der Waals surface area contributed by atoms with Gasteiger partial charge in [-0.25, -0.2) is 0 Å². The zero-order valence-electron chi connectivity index (χ0n) is 11.7. The molecule has 21 heavy (non-hydrogen) atoms. The first-order chi connectivity index (χ1) is 9.70. The van der Waals surface area contributed by atoms with E-state index in [-0.39, 0.29) is 6.29 Å². The molecule has 1 aliphatic rings. The first-order valence-electron chi connectivity index (χ1n) is 6.55. The molecule has 0 aliphatic carbocycles. The maximum Gasteiger partial charge on any atom is 0.187 e. The fraction of sp³-hybridized carbons (Fsp3) is 0.917.